The number of benzene rings is 3. The van der Waals surface area contributed by atoms with E-state index < -0.39 is 12.6 Å². The van der Waals surface area contributed by atoms with E-state index in [-0.39, 0.29) is 11.5 Å². The first-order chi connectivity index (χ1) is 14.2. The summed E-state index contributed by atoms with van der Waals surface area (Å²) in [4.78, 5) is 35.5. The number of hydrogen-bond donors (Lipinski definition) is 0. The summed E-state index contributed by atoms with van der Waals surface area (Å²) in [6, 6.07) is 23.5. The molecule has 0 unspecified atom stereocenters. The number of carbonyl (C=O) groups excluding carboxylic acids is 2. The van der Waals surface area contributed by atoms with Crippen LogP contribution in [0.1, 0.15) is 10.4 Å². The molecular formula is C23H17N3O3. The van der Waals surface area contributed by atoms with Crippen molar-refractivity contribution in [1.82, 2.24) is 9.97 Å². The molecule has 1 aromatic heterocycles. The van der Waals surface area contributed by atoms with E-state index in [0.29, 0.717) is 22.4 Å². The summed E-state index contributed by atoms with van der Waals surface area (Å²) < 4.78 is 5.32. The number of rotatable bonds is 5. The van der Waals surface area contributed by atoms with Gasteiger partial charge in [-0.25, -0.2) is 4.79 Å². The highest BCUT2D eigenvalue weighted by atomic mass is 16.5. The predicted octanol–water partition coefficient (Wildman–Crippen LogP) is 4.15. The molecule has 0 radical (unpaired) electrons. The average Bonchev–Trinajstić information content (AvgIpc) is 2.79. The molecular weight excluding hydrogens is 366 g/mol. The Balaban J connectivity index is 1.56. The zero-order chi connectivity index (χ0) is 20.1. The van der Waals surface area contributed by atoms with Crippen molar-refractivity contribution in [3.63, 3.8) is 0 Å². The molecule has 6 nitrogen and oxygen atoms in total. The van der Waals surface area contributed by atoms with Gasteiger partial charge in [-0.15, -0.1) is 0 Å². The van der Waals surface area contributed by atoms with Gasteiger partial charge >= 0.3 is 5.97 Å². The fourth-order valence-corrected chi connectivity index (χ4v) is 3.02. The summed E-state index contributed by atoms with van der Waals surface area (Å²) in [6.07, 6.45) is 3.06. The van der Waals surface area contributed by atoms with E-state index in [1.165, 1.54) is 11.1 Å². The Labute approximate surface area is 167 Å². The Morgan fingerprint density at radius 1 is 0.759 bits per heavy atom. The number of nitrogens with zero attached hydrogens (tertiary/aromatic N) is 3. The minimum Gasteiger partial charge on any atom is -0.452 e. The standard InChI is InChI=1S/C23H17N3O3/c27-21(26(17-8-3-1-4-9-17)18-10-5-2-6-11-18)16-29-23(28)19-12-7-13-20-22(19)25-15-14-24-20/h1-15H,16H2. The molecule has 0 saturated heterocycles. The van der Waals surface area contributed by atoms with E-state index in [4.69, 9.17) is 4.74 Å². The minimum atomic E-state index is -0.620. The second-order valence-electron chi connectivity index (χ2n) is 6.21. The van der Waals surface area contributed by atoms with E-state index in [2.05, 4.69) is 9.97 Å². The Kier molecular flexibility index (Phi) is 5.25. The molecule has 29 heavy (non-hydrogen) atoms. The lowest BCUT2D eigenvalue weighted by atomic mass is 10.2. The van der Waals surface area contributed by atoms with E-state index in [9.17, 15) is 9.59 Å². The first-order valence-corrected chi connectivity index (χ1v) is 9.04. The number of para-hydroxylation sites is 3. The summed E-state index contributed by atoms with van der Waals surface area (Å²) in [5, 5.41) is 0. The van der Waals surface area contributed by atoms with Gasteiger partial charge in [0.1, 0.15) is 5.52 Å². The van der Waals surface area contributed by atoms with Crippen LogP contribution in [0.5, 0.6) is 0 Å². The molecule has 4 aromatic rings. The van der Waals surface area contributed by atoms with Crippen LogP contribution < -0.4 is 4.90 Å². The van der Waals surface area contributed by atoms with Crippen LogP contribution in [-0.2, 0) is 9.53 Å². The Hall–Kier alpha value is -4.06. The van der Waals surface area contributed by atoms with E-state index in [1.54, 1.807) is 24.4 Å². The van der Waals surface area contributed by atoms with Gasteiger partial charge in [0.15, 0.2) is 6.61 Å². The summed E-state index contributed by atoms with van der Waals surface area (Å²) >= 11 is 0. The van der Waals surface area contributed by atoms with Gasteiger partial charge in [-0.1, -0.05) is 42.5 Å². The SMILES string of the molecule is O=C(OCC(=O)N(c1ccccc1)c1ccccc1)c1cccc2nccnc12. The monoisotopic (exact) mass is 383 g/mol. The van der Waals surface area contributed by atoms with Crippen molar-refractivity contribution < 1.29 is 14.3 Å². The Morgan fingerprint density at radius 2 is 1.38 bits per heavy atom. The predicted molar refractivity (Wildman–Crippen MR) is 110 cm³/mol. The van der Waals surface area contributed by atoms with Gasteiger partial charge in [0.05, 0.1) is 11.1 Å². The molecule has 1 amide bonds. The van der Waals surface area contributed by atoms with E-state index in [1.807, 2.05) is 60.7 Å². The second-order valence-corrected chi connectivity index (χ2v) is 6.21. The van der Waals surface area contributed by atoms with E-state index >= 15 is 0 Å². The highest BCUT2D eigenvalue weighted by Crippen LogP contribution is 2.25. The highest BCUT2D eigenvalue weighted by Gasteiger charge is 2.21. The van der Waals surface area contributed by atoms with Crippen molar-refractivity contribution in [2.24, 2.45) is 0 Å². The van der Waals surface area contributed by atoms with Gasteiger partial charge < -0.3 is 4.74 Å². The maximum Gasteiger partial charge on any atom is 0.340 e. The van der Waals surface area contributed by atoms with Crippen LogP contribution >= 0.6 is 0 Å². The van der Waals surface area contributed by atoms with Crippen LogP contribution in [-0.4, -0.2) is 28.5 Å². The van der Waals surface area contributed by atoms with E-state index in [0.717, 1.165) is 0 Å². The number of hydrogen-bond acceptors (Lipinski definition) is 5. The zero-order valence-electron chi connectivity index (χ0n) is 15.4. The number of carbonyl (C=O) groups is 2. The Bertz CT molecular complexity index is 1100. The highest BCUT2D eigenvalue weighted by molar-refractivity contribution is 6.05. The molecule has 0 saturated carbocycles. The van der Waals surface area contributed by atoms with Crippen LogP contribution in [0, 0.1) is 0 Å². The van der Waals surface area contributed by atoms with Gasteiger partial charge in [0.25, 0.3) is 5.91 Å². The van der Waals surface area contributed by atoms with Crippen molar-refractivity contribution in [3.05, 3.63) is 96.8 Å². The van der Waals surface area contributed by atoms with Gasteiger partial charge in [0.2, 0.25) is 0 Å². The van der Waals surface area contributed by atoms with Crippen molar-refractivity contribution in [2.75, 3.05) is 11.5 Å². The van der Waals surface area contributed by atoms with Crippen molar-refractivity contribution in [1.29, 1.82) is 0 Å². The van der Waals surface area contributed by atoms with Crippen molar-refractivity contribution >= 4 is 34.3 Å². The second kappa shape index (κ2) is 8.31. The maximum atomic E-state index is 13.0. The van der Waals surface area contributed by atoms with Crippen LogP contribution in [0.15, 0.2) is 91.3 Å². The molecule has 4 rings (SSSR count). The van der Waals surface area contributed by atoms with Crippen LogP contribution in [0.4, 0.5) is 11.4 Å². The number of esters is 1. The smallest absolute Gasteiger partial charge is 0.340 e. The summed E-state index contributed by atoms with van der Waals surface area (Å²) in [5.41, 5.74) is 2.68. The van der Waals surface area contributed by atoms with Crippen LogP contribution in [0.3, 0.4) is 0 Å². The summed E-state index contributed by atoms with van der Waals surface area (Å²) in [7, 11) is 0. The third-order valence-electron chi connectivity index (χ3n) is 4.32. The van der Waals surface area contributed by atoms with Gasteiger partial charge in [-0.05, 0) is 36.4 Å². The molecule has 0 fully saturated rings. The molecule has 0 aliphatic carbocycles. The van der Waals surface area contributed by atoms with Gasteiger partial charge in [0, 0.05) is 23.8 Å². The fourth-order valence-electron chi connectivity index (χ4n) is 3.02. The molecule has 0 N–H and O–H groups in total. The number of amides is 1. The summed E-state index contributed by atoms with van der Waals surface area (Å²) in [5.74, 6) is -0.979. The lowest BCUT2D eigenvalue weighted by Gasteiger charge is -2.22. The molecule has 0 atom stereocenters. The molecule has 142 valence electrons. The minimum absolute atomic E-state index is 0.273. The maximum absolute atomic E-state index is 13.0. The Morgan fingerprint density at radius 3 is 2.03 bits per heavy atom. The third kappa shape index (κ3) is 3.96. The number of ether oxygens (including phenoxy) is 1. The molecule has 0 aliphatic rings. The quantitative estimate of drug-likeness (QED) is 0.484. The topological polar surface area (TPSA) is 72.4 Å². The zero-order valence-corrected chi connectivity index (χ0v) is 15.4. The first-order valence-electron chi connectivity index (χ1n) is 9.04. The largest absolute Gasteiger partial charge is 0.452 e. The van der Waals surface area contributed by atoms with Gasteiger partial charge in [-0.3, -0.25) is 19.7 Å². The number of anilines is 2. The van der Waals surface area contributed by atoms with Crippen molar-refractivity contribution in [3.8, 4) is 0 Å². The van der Waals surface area contributed by atoms with Gasteiger partial charge in [-0.2, -0.15) is 0 Å². The van der Waals surface area contributed by atoms with Crippen molar-refractivity contribution in [2.45, 2.75) is 0 Å². The third-order valence-corrected chi connectivity index (χ3v) is 4.32. The normalized spacial score (nSPS) is 10.5. The van der Waals surface area contributed by atoms with Crippen LogP contribution in [0.2, 0.25) is 0 Å². The molecule has 1 heterocycles. The number of fused-ring (bicyclic) bond motifs is 1. The van der Waals surface area contributed by atoms with Crippen LogP contribution in [0.25, 0.3) is 11.0 Å². The number of aromatic nitrogens is 2. The molecule has 0 aliphatic heterocycles. The summed E-state index contributed by atoms with van der Waals surface area (Å²) in [6.45, 7) is -0.404. The molecule has 6 heteroatoms. The molecule has 0 spiro atoms. The fraction of sp³-hybridized carbons (Fsp3) is 0.0435. The molecule has 0 bridgehead atoms. The lowest BCUT2D eigenvalue weighted by Crippen LogP contribution is -2.30. The average molecular weight is 383 g/mol. The first kappa shape index (κ1) is 18.3. The lowest BCUT2D eigenvalue weighted by molar-refractivity contribution is -0.120. The molecule has 3 aromatic carbocycles.